The molecule has 0 aliphatic heterocycles. The van der Waals surface area contributed by atoms with Crippen LogP contribution in [0.2, 0.25) is 0 Å². The first-order valence-electron chi connectivity index (χ1n) is 10.9. The number of thiazole rings is 1. The number of carbonyl (C=O) groups excluding carboxylic acids is 1. The summed E-state index contributed by atoms with van der Waals surface area (Å²) in [6, 6.07) is 0. The Labute approximate surface area is 185 Å². The van der Waals surface area contributed by atoms with Crippen LogP contribution >= 0.6 is 22.7 Å². The van der Waals surface area contributed by atoms with Gasteiger partial charge in [0.1, 0.15) is 5.01 Å². The summed E-state index contributed by atoms with van der Waals surface area (Å²) in [6.07, 6.45) is 7.87. The Morgan fingerprint density at radius 2 is 1.97 bits per heavy atom. The number of hydrogen-bond acceptors (Lipinski definition) is 5. The molecular weight excluding hydrogens is 414 g/mol. The fraction of sp³-hybridized carbons (Fsp3) is 0.542. The Morgan fingerprint density at radius 3 is 2.70 bits per heavy atom. The number of Topliss-reactive ketones (excluding diaryl/α,β-unsaturated/α-hetero) is 1. The standard InChI is InChI=1S/C24H27NO3S2/c1-24(2)9-8-19-16(11-24)21(22-25-17(12-29-22)13-6-7-13)20(30-19)10-18(26)14-4-3-5-15(14)23(27)28/h12-13H,3-11H2,1-2H3,(H,27,28). The van der Waals surface area contributed by atoms with E-state index in [4.69, 9.17) is 4.98 Å². The molecule has 6 heteroatoms. The van der Waals surface area contributed by atoms with Crippen LogP contribution in [0.25, 0.3) is 10.6 Å². The molecule has 5 rings (SSSR count). The third kappa shape index (κ3) is 3.69. The molecule has 3 aliphatic carbocycles. The van der Waals surface area contributed by atoms with Gasteiger partial charge in [-0.25, -0.2) is 9.78 Å². The monoisotopic (exact) mass is 441 g/mol. The highest BCUT2D eigenvalue weighted by Crippen LogP contribution is 2.48. The van der Waals surface area contributed by atoms with Crippen LogP contribution in [0.5, 0.6) is 0 Å². The average Bonchev–Trinajstić information content (AvgIpc) is 3.10. The number of nitrogens with zero attached hydrogens (tertiary/aromatic N) is 1. The molecule has 2 aromatic rings. The van der Waals surface area contributed by atoms with Gasteiger partial charge in [-0.2, -0.15) is 0 Å². The van der Waals surface area contributed by atoms with Crippen LogP contribution in [0.15, 0.2) is 16.5 Å². The van der Waals surface area contributed by atoms with Gasteiger partial charge < -0.3 is 5.11 Å². The predicted molar refractivity (Wildman–Crippen MR) is 120 cm³/mol. The van der Waals surface area contributed by atoms with Crippen molar-refractivity contribution in [1.82, 2.24) is 4.98 Å². The summed E-state index contributed by atoms with van der Waals surface area (Å²) in [6.45, 7) is 4.64. The lowest BCUT2D eigenvalue weighted by atomic mass is 9.76. The summed E-state index contributed by atoms with van der Waals surface area (Å²) >= 11 is 3.47. The SMILES string of the molecule is CC1(C)CCc2sc(CC(=O)C3=C(C(=O)O)CCC3)c(-c3nc(C4CC4)cs3)c2C1. The van der Waals surface area contributed by atoms with E-state index in [-0.39, 0.29) is 11.2 Å². The zero-order chi connectivity index (χ0) is 21.0. The van der Waals surface area contributed by atoms with Gasteiger partial charge in [0.05, 0.1) is 5.69 Å². The van der Waals surface area contributed by atoms with E-state index in [9.17, 15) is 14.7 Å². The zero-order valence-corrected chi connectivity index (χ0v) is 19.2. The molecule has 3 aliphatic rings. The van der Waals surface area contributed by atoms with E-state index in [1.165, 1.54) is 34.5 Å². The van der Waals surface area contributed by atoms with E-state index in [1.807, 2.05) is 0 Å². The second kappa shape index (κ2) is 7.41. The summed E-state index contributed by atoms with van der Waals surface area (Å²) in [5.74, 6) is -0.326. The number of carboxylic acids is 1. The molecule has 0 radical (unpaired) electrons. The van der Waals surface area contributed by atoms with Crippen LogP contribution in [0.1, 0.15) is 79.3 Å². The fourth-order valence-corrected chi connectivity index (χ4v) is 7.25. The highest BCUT2D eigenvalue weighted by molar-refractivity contribution is 7.15. The van der Waals surface area contributed by atoms with Crippen LogP contribution < -0.4 is 0 Å². The lowest BCUT2D eigenvalue weighted by Crippen LogP contribution is -2.21. The Hall–Kier alpha value is -1.79. The van der Waals surface area contributed by atoms with Gasteiger partial charge in [0.15, 0.2) is 5.78 Å². The minimum absolute atomic E-state index is 0.0111. The Kier molecular flexibility index (Phi) is 4.98. The van der Waals surface area contributed by atoms with E-state index >= 15 is 0 Å². The maximum absolute atomic E-state index is 13.1. The smallest absolute Gasteiger partial charge is 0.331 e. The van der Waals surface area contributed by atoms with Crippen molar-refractivity contribution in [3.8, 4) is 10.6 Å². The van der Waals surface area contributed by atoms with E-state index in [2.05, 4.69) is 19.2 Å². The van der Waals surface area contributed by atoms with E-state index in [0.717, 1.165) is 35.6 Å². The number of fused-ring (bicyclic) bond motifs is 1. The van der Waals surface area contributed by atoms with Crippen molar-refractivity contribution in [2.45, 2.75) is 77.6 Å². The molecule has 0 unspecified atom stereocenters. The van der Waals surface area contributed by atoms with Crippen molar-refractivity contribution in [3.05, 3.63) is 37.5 Å². The first-order chi connectivity index (χ1) is 14.3. The lowest BCUT2D eigenvalue weighted by Gasteiger charge is -2.29. The molecule has 0 bridgehead atoms. The molecular formula is C24H27NO3S2. The molecule has 0 atom stereocenters. The molecule has 4 nitrogen and oxygen atoms in total. The third-order valence-electron chi connectivity index (χ3n) is 6.71. The Bertz CT molecular complexity index is 1070. The van der Waals surface area contributed by atoms with Gasteiger partial charge >= 0.3 is 5.97 Å². The van der Waals surface area contributed by atoms with Crippen LogP contribution in [0, 0.1) is 5.41 Å². The molecule has 0 saturated heterocycles. The molecule has 158 valence electrons. The second-order valence-electron chi connectivity index (χ2n) is 9.71. The number of carboxylic acid groups (broad SMARTS) is 1. The number of carbonyl (C=O) groups is 2. The highest BCUT2D eigenvalue weighted by Gasteiger charge is 2.34. The lowest BCUT2D eigenvalue weighted by molar-refractivity contribution is -0.133. The number of hydrogen-bond donors (Lipinski definition) is 1. The number of thiophene rings is 1. The van der Waals surface area contributed by atoms with E-state index in [0.29, 0.717) is 36.3 Å². The number of aliphatic carboxylic acids is 1. The van der Waals surface area contributed by atoms with Crippen molar-refractivity contribution in [2.24, 2.45) is 5.41 Å². The molecule has 2 heterocycles. The molecule has 1 N–H and O–H groups in total. The first kappa shape index (κ1) is 20.1. The molecule has 1 fully saturated rings. The van der Waals surface area contributed by atoms with Crippen molar-refractivity contribution in [1.29, 1.82) is 0 Å². The third-order valence-corrected chi connectivity index (χ3v) is 8.88. The van der Waals surface area contributed by atoms with Crippen molar-refractivity contribution in [2.75, 3.05) is 0 Å². The number of ketones is 1. The molecule has 0 spiro atoms. The average molecular weight is 442 g/mol. The highest BCUT2D eigenvalue weighted by atomic mass is 32.1. The predicted octanol–water partition coefficient (Wildman–Crippen LogP) is 5.94. The molecule has 1 saturated carbocycles. The van der Waals surface area contributed by atoms with Gasteiger partial charge in [0.2, 0.25) is 0 Å². The Balaban J connectivity index is 1.54. The quantitative estimate of drug-likeness (QED) is 0.602. The van der Waals surface area contributed by atoms with Gasteiger partial charge in [0.25, 0.3) is 0 Å². The number of aromatic nitrogens is 1. The second-order valence-corrected chi connectivity index (χ2v) is 11.8. The van der Waals surface area contributed by atoms with Crippen LogP contribution in [-0.2, 0) is 28.9 Å². The molecule has 30 heavy (non-hydrogen) atoms. The van der Waals surface area contributed by atoms with Crippen molar-refractivity contribution in [3.63, 3.8) is 0 Å². The molecule has 0 amide bonds. The largest absolute Gasteiger partial charge is 0.478 e. The summed E-state index contributed by atoms with van der Waals surface area (Å²) in [7, 11) is 0. The van der Waals surface area contributed by atoms with Crippen molar-refractivity contribution < 1.29 is 14.7 Å². The summed E-state index contributed by atoms with van der Waals surface area (Å²) in [5, 5.41) is 12.7. The van der Waals surface area contributed by atoms with Gasteiger partial charge in [-0.3, -0.25) is 4.79 Å². The molecule has 0 aromatic carbocycles. The van der Waals surface area contributed by atoms with E-state index < -0.39 is 5.97 Å². The van der Waals surface area contributed by atoms with Gasteiger partial charge in [-0.15, -0.1) is 22.7 Å². The topological polar surface area (TPSA) is 67.3 Å². The number of aryl methyl sites for hydroxylation is 1. The molecule has 2 aromatic heterocycles. The van der Waals surface area contributed by atoms with Crippen molar-refractivity contribution >= 4 is 34.4 Å². The summed E-state index contributed by atoms with van der Waals surface area (Å²) in [5.41, 5.74) is 4.89. The minimum Gasteiger partial charge on any atom is -0.478 e. The van der Waals surface area contributed by atoms with Gasteiger partial charge in [-0.1, -0.05) is 13.8 Å². The van der Waals surface area contributed by atoms with Gasteiger partial charge in [0, 0.05) is 44.2 Å². The van der Waals surface area contributed by atoms with Crippen LogP contribution in [0.4, 0.5) is 0 Å². The maximum atomic E-state index is 13.1. The summed E-state index contributed by atoms with van der Waals surface area (Å²) < 4.78 is 0. The van der Waals surface area contributed by atoms with Gasteiger partial charge in [-0.05, 0) is 62.3 Å². The zero-order valence-electron chi connectivity index (χ0n) is 17.5. The maximum Gasteiger partial charge on any atom is 0.331 e. The normalized spacial score (nSPS) is 20.5. The van der Waals surface area contributed by atoms with E-state index in [1.54, 1.807) is 22.7 Å². The number of allylic oxidation sites excluding steroid dienone is 1. The summed E-state index contributed by atoms with van der Waals surface area (Å²) in [4.78, 5) is 32.2. The first-order valence-corrected chi connectivity index (χ1v) is 12.6. The number of rotatable bonds is 6. The fourth-order valence-electron chi connectivity index (χ4n) is 4.86. The van der Waals surface area contributed by atoms with Crippen LogP contribution in [0.3, 0.4) is 0 Å². The Morgan fingerprint density at radius 1 is 1.20 bits per heavy atom. The minimum atomic E-state index is -0.933. The van der Waals surface area contributed by atoms with Crippen LogP contribution in [-0.4, -0.2) is 21.8 Å².